The molecule has 0 atom stereocenters. The lowest BCUT2D eigenvalue weighted by molar-refractivity contribution is 0.347. The number of ether oxygens (including phenoxy) is 3. The van der Waals surface area contributed by atoms with Crippen LogP contribution in [0.25, 0.3) is 0 Å². The molecule has 0 saturated carbocycles. The predicted molar refractivity (Wildman–Crippen MR) is 96.3 cm³/mol. The fourth-order valence-corrected chi connectivity index (χ4v) is 2.16. The van der Waals surface area contributed by atoms with Crippen molar-refractivity contribution < 1.29 is 14.2 Å². The van der Waals surface area contributed by atoms with Crippen LogP contribution in [0.4, 0.5) is 5.69 Å². The quantitative estimate of drug-likeness (QED) is 0.583. The molecule has 1 aromatic heterocycles. The lowest BCUT2D eigenvalue weighted by Crippen LogP contribution is -1.99. The summed E-state index contributed by atoms with van der Waals surface area (Å²) < 4.78 is 16.1. The second-order valence-corrected chi connectivity index (χ2v) is 5.18. The van der Waals surface area contributed by atoms with Crippen LogP contribution in [0.1, 0.15) is 5.56 Å². The van der Waals surface area contributed by atoms with Gasteiger partial charge in [0.2, 0.25) is 11.8 Å². The van der Waals surface area contributed by atoms with Crippen molar-refractivity contribution in [1.82, 2.24) is 9.97 Å². The van der Waals surface area contributed by atoms with E-state index < -0.39 is 0 Å². The molecule has 3 rings (SSSR count). The lowest BCUT2D eigenvalue weighted by atomic mass is 10.2. The van der Waals surface area contributed by atoms with Crippen LogP contribution in [-0.4, -0.2) is 24.2 Å². The molecule has 0 N–H and O–H groups in total. The molecular weight excluding hydrogens is 332 g/mol. The molecule has 0 radical (unpaired) electrons. The van der Waals surface area contributed by atoms with Crippen LogP contribution >= 0.6 is 0 Å². The van der Waals surface area contributed by atoms with Gasteiger partial charge in [0.1, 0.15) is 5.75 Å². The number of nitrogens with zero attached hydrogens (tertiary/aromatic N) is 4. The predicted octanol–water partition coefficient (Wildman–Crippen LogP) is 4.57. The van der Waals surface area contributed by atoms with E-state index >= 15 is 0 Å². The van der Waals surface area contributed by atoms with E-state index in [0.29, 0.717) is 24.1 Å². The third-order valence-corrected chi connectivity index (χ3v) is 3.43. The highest BCUT2D eigenvalue weighted by molar-refractivity contribution is 5.37. The normalized spacial score (nSPS) is 10.7. The number of hydrogen-bond acceptors (Lipinski definition) is 7. The first kappa shape index (κ1) is 17.3. The summed E-state index contributed by atoms with van der Waals surface area (Å²) in [4.78, 5) is 8.35. The average molecular weight is 350 g/mol. The minimum absolute atomic E-state index is 0.133. The van der Waals surface area contributed by atoms with Crippen LogP contribution in [0, 0.1) is 0 Å². The van der Waals surface area contributed by atoms with E-state index in [4.69, 9.17) is 14.2 Å². The van der Waals surface area contributed by atoms with Gasteiger partial charge in [-0.15, -0.1) is 0 Å². The molecule has 0 fully saturated rings. The van der Waals surface area contributed by atoms with Crippen molar-refractivity contribution in [3.8, 4) is 23.5 Å². The van der Waals surface area contributed by atoms with Gasteiger partial charge >= 0.3 is 6.01 Å². The maximum Gasteiger partial charge on any atom is 0.328 e. The highest BCUT2D eigenvalue weighted by atomic mass is 16.5. The first-order valence-corrected chi connectivity index (χ1v) is 7.94. The van der Waals surface area contributed by atoms with E-state index in [1.165, 1.54) is 14.2 Å². The Labute approximate surface area is 151 Å². The first-order valence-electron chi connectivity index (χ1n) is 7.94. The van der Waals surface area contributed by atoms with Crippen LogP contribution in [0.15, 0.2) is 70.9 Å². The van der Waals surface area contributed by atoms with Crippen LogP contribution < -0.4 is 14.2 Å². The smallest absolute Gasteiger partial charge is 0.328 e. The Balaban J connectivity index is 1.78. The van der Waals surface area contributed by atoms with Gasteiger partial charge in [-0.05, 0) is 18.2 Å². The van der Waals surface area contributed by atoms with E-state index in [0.717, 1.165) is 11.3 Å². The van der Waals surface area contributed by atoms with E-state index in [1.54, 1.807) is 6.07 Å². The van der Waals surface area contributed by atoms with E-state index in [1.807, 2.05) is 54.6 Å². The molecule has 3 aromatic rings. The molecule has 0 spiro atoms. The zero-order valence-electron chi connectivity index (χ0n) is 14.5. The second kappa shape index (κ2) is 8.57. The van der Waals surface area contributed by atoms with Crippen LogP contribution in [-0.2, 0) is 6.54 Å². The molecule has 0 unspecified atom stereocenters. The molecule has 0 aliphatic rings. The minimum Gasteiger partial charge on any atom is -0.481 e. The van der Waals surface area contributed by atoms with Crippen molar-refractivity contribution in [3.05, 3.63) is 66.2 Å². The summed E-state index contributed by atoms with van der Waals surface area (Å²) in [6.07, 6.45) is 0. The van der Waals surface area contributed by atoms with Crippen molar-refractivity contribution in [2.24, 2.45) is 10.2 Å². The van der Waals surface area contributed by atoms with Crippen LogP contribution in [0.5, 0.6) is 23.5 Å². The lowest BCUT2D eigenvalue weighted by Gasteiger charge is -2.10. The topological polar surface area (TPSA) is 78.2 Å². The highest BCUT2D eigenvalue weighted by Crippen LogP contribution is 2.27. The maximum atomic E-state index is 5.81. The number of rotatable bonds is 7. The molecule has 1 heterocycles. The largest absolute Gasteiger partial charge is 0.481 e. The SMILES string of the molecule is COc1cc(OC)nc(Oc2ccccc2CN=Nc2ccccc2)n1. The van der Waals surface area contributed by atoms with E-state index in [-0.39, 0.29) is 6.01 Å². The number of benzene rings is 2. The number of para-hydroxylation sites is 1. The summed E-state index contributed by atoms with van der Waals surface area (Å²) in [7, 11) is 3.03. The Kier molecular flexibility index (Phi) is 5.72. The fourth-order valence-electron chi connectivity index (χ4n) is 2.16. The van der Waals surface area contributed by atoms with Crippen LogP contribution in [0.2, 0.25) is 0 Å². The summed E-state index contributed by atoms with van der Waals surface area (Å²) in [6.45, 7) is 0.367. The molecule has 0 saturated heterocycles. The van der Waals surface area contributed by atoms with Gasteiger partial charge in [0.05, 0.1) is 32.5 Å². The van der Waals surface area contributed by atoms with Crippen molar-refractivity contribution in [2.45, 2.75) is 6.54 Å². The fraction of sp³-hybridized carbons (Fsp3) is 0.158. The van der Waals surface area contributed by atoms with E-state index in [9.17, 15) is 0 Å². The number of hydrogen-bond donors (Lipinski definition) is 0. The molecule has 132 valence electrons. The van der Waals surface area contributed by atoms with E-state index in [2.05, 4.69) is 20.2 Å². The van der Waals surface area contributed by atoms with Gasteiger partial charge < -0.3 is 14.2 Å². The molecular formula is C19H18N4O3. The Morgan fingerprint density at radius 1 is 0.846 bits per heavy atom. The van der Waals surface area contributed by atoms with Gasteiger partial charge in [-0.3, -0.25) is 0 Å². The molecule has 26 heavy (non-hydrogen) atoms. The molecule has 7 nitrogen and oxygen atoms in total. The van der Waals surface area contributed by atoms with Gasteiger partial charge in [0, 0.05) is 5.56 Å². The molecule has 0 aliphatic carbocycles. The van der Waals surface area contributed by atoms with Gasteiger partial charge in [0.25, 0.3) is 0 Å². The minimum atomic E-state index is 0.133. The first-order chi connectivity index (χ1) is 12.8. The van der Waals surface area contributed by atoms with Crippen molar-refractivity contribution >= 4 is 5.69 Å². The molecule has 0 bridgehead atoms. The standard InChI is InChI=1S/C19H18N4O3/c1-24-17-12-18(25-2)22-19(21-17)26-16-11-7-6-8-14(16)13-20-23-15-9-4-3-5-10-15/h3-12H,13H2,1-2H3. The Hall–Kier alpha value is -3.48. The summed E-state index contributed by atoms with van der Waals surface area (Å²) in [5.41, 5.74) is 1.66. The summed E-state index contributed by atoms with van der Waals surface area (Å²) in [5, 5.41) is 8.44. The van der Waals surface area contributed by atoms with Gasteiger partial charge in [-0.1, -0.05) is 36.4 Å². The summed E-state index contributed by atoms with van der Waals surface area (Å²) in [5.74, 6) is 1.30. The maximum absolute atomic E-state index is 5.81. The molecule has 0 amide bonds. The van der Waals surface area contributed by atoms with Crippen molar-refractivity contribution in [3.63, 3.8) is 0 Å². The second-order valence-electron chi connectivity index (χ2n) is 5.18. The van der Waals surface area contributed by atoms with Crippen LogP contribution in [0.3, 0.4) is 0 Å². The van der Waals surface area contributed by atoms with Gasteiger partial charge in [-0.2, -0.15) is 20.2 Å². The zero-order chi connectivity index (χ0) is 18.2. The summed E-state index contributed by atoms with van der Waals surface area (Å²) >= 11 is 0. The Bertz CT molecular complexity index is 863. The zero-order valence-corrected chi connectivity index (χ0v) is 14.5. The number of azo groups is 1. The Morgan fingerprint density at radius 2 is 1.50 bits per heavy atom. The van der Waals surface area contributed by atoms with Gasteiger partial charge in [-0.25, -0.2) is 0 Å². The summed E-state index contributed by atoms with van der Waals surface area (Å²) in [6, 6.07) is 18.8. The number of aromatic nitrogens is 2. The highest BCUT2D eigenvalue weighted by Gasteiger charge is 2.10. The molecule has 0 aliphatic heterocycles. The third kappa shape index (κ3) is 4.54. The van der Waals surface area contributed by atoms with Gasteiger partial charge in [0.15, 0.2) is 0 Å². The van der Waals surface area contributed by atoms with Crippen molar-refractivity contribution in [2.75, 3.05) is 14.2 Å². The Morgan fingerprint density at radius 3 is 2.19 bits per heavy atom. The molecule has 2 aromatic carbocycles. The third-order valence-electron chi connectivity index (χ3n) is 3.43. The average Bonchev–Trinajstić information content (AvgIpc) is 2.69. The monoisotopic (exact) mass is 350 g/mol. The molecule has 7 heteroatoms. The van der Waals surface area contributed by atoms with Crippen molar-refractivity contribution in [1.29, 1.82) is 0 Å². The number of methoxy groups -OCH3 is 2.